The van der Waals surface area contributed by atoms with Gasteiger partial charge in [0.2, 0.25) is 5.91 Å². The van der Waals surface area contributed by atoms with Crippen molar-refractivity contribution >= 4 is 22.4 Å². The fourth-order valence-electron chi connectivity index (χ4n) is 2.01. The molecule has 0 aliphatic carbocycles. The van der Waals surface area contributed by atoms with Crippen molar-refractivity contribution < 1.29 is 9.53 Å². The molecule has 2 aromatic rings. The van der Waals surface area contributed by atoms with Crippen LogP contribution >= 0.6 is 11.3 Å². The highest BCUT2D eigenvalue weighted by molar-refractivity contribution is 7.16. The highest BCUT2D eigenvalue weighted by Gasteiger charge is 2.12. The van der Waals surface area contributed by atoms with Crippen LogP contribution in [0.15, 0.2) is 24.3 Å². The van der Waals surface area contributed by atoms with Gasteiger partial charge in [0.05, 0.1) is 12.8 Å². The van der Waals surface area contributed by atoms with E-state index >= 15 is 0 Å². The first-order valence-corrected chi connectivity index (χ1v) is 7.98. The minimum Gasteiger partial charge on any atom is -0.497 e. The molecule has 0 spiro atoms. The highest BCUT2D eigenvalue weighted by atomic mass is 32.1. The lowest BCUT2D eigenvalue weighted by Crippen LogP contribution is -2.19. The van der Waals surface area contributed by atoms with Gasteiger partial charge >= 0.3 is 0 Å². The van der Waals surface area contributed by atoms with Gasteiger partial charge in [-0.2, -0.15) is 0 Å². The molecular weight excluding hydrogens is 298 g/mol. The van der Waals surface area contributed by atoms with Crippen LogP contribution in [0.25, 0.3) is 11.3 Å². The van der Waals surface area contributed by atoms with Crippen LogP contribution in [-0.4, -0.2) is 24.0 Å². The van der Waals surface area contributed by atoms with E-state index in [0.29, 0.717) is 18.0 Å². The maximum atomic E-state index is 11.8. The van der Waals surface area contributed by atoms with Crippen LogP contribution in [0.1, 0.15) is 24.6 Å². The molecule has 1 aromatic carbocycles. The molecular formula is C16H21N3O2S. The Balaban J connectivity index is 2.08. The lowest BCUT2D eigenvalue weighted by Gasteiger charge is -2.04. The van der Waals surface area contributed by atoms with E-state index in [-0.39, 0.29) is 11.9 Å². The molecule has 2 rings (SSSR count). The van der Waals surface area contributed by atoms with Gasteiger partial charge < -0.3 is 15.8 Å². The standard InChI is InChI=1S/C16H21N3O2S/c1-10(17)4-9-14(20)18-16-19-15(11(2)22-16)12-5-7-13(21-3)8-6-12/h5-8,10H,4,9,17H2,1-3H3,(H,18,19,20). The Labute approximate surface area is 134 Å². The van der Waals surface area contributed by atoms with Crippen LogP contribution in [0.3, 0.4) is 0 Å². The van der Waals surface area contributed by atoms with E-state index in [1.54, 1.807) is 7.11 Å². The minimum absolute atomic E-state index is 0.0265. The van der Waals surface area contributed by atoms with E-state index in [0.717, 1.165) is 21.9 Å². The summed E-state index contributed by atoms with van der Waals surface area (Å²) in [7, 11) is 1.64. The molecule has 1 amide bonds. The number of aromatic nitrogens is 1. The van der Waals surface area contributed by atoms with Crippen LogP contribution in [0, 0.1) is 6.92 Å². The molecule has 22 heavy (non-hydrogen) atoms. The van der Waals surface area contributed by atoms with Crippen molar-refractivity contribution in [3.63, 3.8) is 0 Å². The third kappa shape index (κ3) is 4.29. The van der Waals surface area contributed by atoms with E-state index in [1.807, 2.05) is 38.1 Å². The number of thiazole rings is 1. The van der Waals surface area contributed by atoms with Gasteiger partial charge in [0, 0.05) is 22.9 Å². The predicted octanol–water partition coefficient (Wildman–Crippen LogP) is 3.19. The summed E-state index contributed by atoms with van der Waals surface area (Å²) in [5, 5.41) is 3.46. The van der Waals surface area contributed by atoms with Crippen molar-refractivity contribution in [1.29, 1.82) is 0 Å². The number of carbonyl (C=O) groups excluding carboxylic acids is 1. The molecule has 1 aromatic heterocycles. The third-order valence-corrected chi connectivity index (χ3v) is 4.12. The smallest absolute Gasteiger partial charge is 0.226 e. The monoisotopic (exact) mass is 319 g/mol. The number of carbonyl (C=O) groups is 1. The quantitative estimate of drug-likeness (QED) is 0.857. The molecule has 0 saturated heterocycles. The van der Waals surface area contributed by atoms with Gasteiger partial charge in [0.25, 0.3) is 0 Å². The normalized spacial score (nSPS) is 12.0. The van der Waals surface area contributed by atoms with Gasteiger partial charge in [-0.1, -0.05) is 0 Å². The number of nitrogens with two attached hydrogens (primary N) is 1. The maximum absolute atomic E-state index is 11.8. The van der Waals surface area contributed by atoms with Crippen LogP contribution in [-0.2, 0) is 4.79 Å². The van der Waals surface area contributed by atoms with E-state index in [1.165, 1.54) is 11.3 Å². The van der Waals surface area contributed by atoms with Gasteiger partial charge in [-0.15, -0.1) is 11.3 Å². The molecule has 0 radical (unpaired) electrons. The van der Waals surface area contributed by atoms with Crippen LogP contribution in [0.5, 0.6) is 5.75 Å². The van der Waals surface area contributed by atoms with E-state index in [2.05, 4.69) is 10.3 Å². The maximum Gasteiger partial charge on any atom is 0.226 e. The molecule has 1 heterocycles. The SMILES string of the molecule is COc1ccc(-c2nc(NC(=O)CCC(C)N)sc2C)cc1. The largest absolute Gasteiger partial charge is 0.497 e. The molecule has 0 aliphatic rings. The zero-order valence-corrected chi connectivity index (χ0v) is 13.9. The Hall–Kier alpha value is -1.92. The second kappa shape index (κ2) is 7.38. The molecule has 3 N–H and O–H groups in total. The number of nitrogens with zero attached hydrogens (tertiary/aromatic N) is 1. The molecule has 0 aliphatic heterocycles. The second-order valence-corrected chi connectivity index (χ2v) is 6.42. The zero-order valence-electron chi connectivity index (χ0n) is 13.1. The molecule has 1 atom stereocenters. The number of ether oxygens (including phenoxy) is 1. The molecule has 1 unspecified atom stereocenters. The average Bonchev–Trinajstić information content (AvgIpc) is 2.85. The van der Waals surface area contributed by atoms with Crippen LogP contribution in [0.4, 0.5) is 5.13 Å². The minimum atomic E-state index is -0.0488. The third-order valence-electron chi connectivity index (χ3n) is 3.23. The Kier molecular flexibility index (Phi) is 5.51. The number of anilines is 1. The fourth-order valence-corrected chi connectivity index (χ4v) is 2.86. The van der Waals surface area contributed by atoms with Crippen LogP contribution in [0.2, 0.25) is 0 Å². The first kappa shape index (κ1) is 16.5. The van der Waals surface area contributed by atoms with E-state index in [4.69, 9.17) is 10.5 Å². The number of methoxy groups -OCH3 is 1. The van der Waals surface area contributed by atoms with Gasteiger partial charge in [-0.05, 0) is 44.5 Å². The molecule has 0 saturated carbocycles. The van der Waals surface area contributed by atoms with Gasteiger partial charge in [-0.25, -0.2) is 4.98 Å². The first-order chi connectivity index (χ1) is 10.5. The number of amides is 1. The summed E-state index contributed by atoms with van der Waals surface area (Å²) in [4.78, 5) is 17.4. The van der Waals surface area contributed by atoms with E-state index < -0.39 is 0 Å². The van der Waals surface area contributed by atoms with Crippen molar-refractivity contribution in [3.05, 3.63) is 29.1 Å². The van der Waals surface area contributed by atoms with Gasteiger partial charge in [0.15, 0.2) is 5.13 Å². The summed E-state index contributed by atoms with van der Waals surface area (Å²) in [6.45, 7) is 3.89. The van der Waals surface area contributed by atoms with Crippen molar-refractivity contribution in [2.45, 2.75) is 32.7 Å². The number of rotatable bonds is 6. The Morgan fingerprint density at radius 1 is 1.41 bits per heavy atom. The molecule has 0 bridgehead atoms. The summed E-state index contributed by atoms with van der Waals surface area (Å²) in [5.74, 6) is 0.758. The molecule has 118 valence electrons. The number of hydrogen-bond donors (Lipinski definition) is 2. The van der Waals surface area contributed by atoms with Crippen molar-refractivity contribution in [2.24, 2.45) is 5.73 Å². The number of hydrogen-bond acceptors (Lipinski definition) is 5. The summed E-state index contributed by atoms with van der Waals surface area (Å²) in [6, 6.07) is 7.74. The van der Waals surface area contributed by atoms with E-state index in [9.17, 15) is 4.79 Å². The first-order valence-electron chi connectivity index (χ1n) is 7.17. The Morgan fingerprint density at radius 2 is 2.09 bits per heavy atom. The summed E-state index contributed by atoms with van der Waals surface area (Å²) >= 11 is 1.48. The molecule has 5 nitrogen and oxygen atoms in total. The van der Waals surface area contributed by atoms with Gasteiger partial charge in [0.1, 0.15) is 5.75 Å². The number of aryl methyl sites for hydroxylation is 1. The average molecular weight is 319 g/mol. The Morgan fingerprint density at radius 3 is 2.68 bits per heavy atom. The molecule has 6 heteroatoms. The highest BCUT2D eigenvalue weighted by Crippen LogP contribution is 2.31. The Bertz CT molecular complexity index is 635. The predicted molar refractivity (Wildman–Crippen MR) is 90.4 cm³/mol. The molecule has 0 fully saturated rings. The second-order valence-electron chi connectivity index (χ2n) is 5.22. The fraction of sp³-hybridized carbons (Fsp3) is 0.375. The summed E-state index contributed by atoms with van der Waals surface area (Å²) in [6.07, 6.45) is 1.08. The van der Waals surface area contributed by atoms with Crippen LogP contribution < -0.4 is 15.8 Å². The van der Waals surface area contributed by atoms with Crippen molar-refractivity contribution in [1.82, 2.24) is 4.98 Å². The lowest BCUT2D eigenvalue weighted by atomic mass is 10.1. The number of nitrogens with one attached hydrogen (secondary N) is 1. The summed E-state index contributed by atoms with van der Waals surface area (Å²) in [5.41, 5.74) is 7.55. The zero-order chi connectivity index (χ0) is 16.1. The van der Waals surface area contributed by atoms with Gasteiger partial charge in [-0.3, -0.25) is 4.79 Å². The topological polar surface area (TPSA) is 77.2 Å². The van der Waals surface area contributed by atoms with Crippen molar-refractivity contribution in [3.8, 4) is 17.0 Å². The van der Waals surface area contributed by atoms with Crippen molar-refractivity contribution in [2.75, 3.05) is 12.4 Å². The lowest BCUT2D eigenvalue weighted by molar-refractivity contribution is -0.116. The summed E-state index contributed by atoms with van der Waals surface area (Å²) < 4.78 is 5.15. The number of benzene rings is 1.